The van der Waals surface area contributed by atoms with Crippen molar-refractivity contribution in [2.75, 3.05) is 26.8 Å². The first-order valence-electron chi connectivity index (χ1n) is 4.30. The highest BCUT2D eigenvalue weighted by Gasteiger charge is 2.22. The molecule has 0 aromatic carbocycles. The van der Waals surface area contributed by atoms with E-state index in [1.54, 1.807) is 13.8 Å². The molecule has 7 heteroatoms. The van der Waals surface area contributed by atoms with Crippen LogP contribution in [-0.4, -0.2) is 40.8 Å². The number of methoxy groups -OCH3 is 1. The number of nitrogens with two attached hydrogens (primary N) is 1. The minimum atomic E-state index is -3.48. The summed E-state index contributed by atoms with van der Waals surface area (Å²) in [6.07, 6.45) is 0. The molecule has 0 rings (SSSR count). The molecule has 0 spiro atoms. The molecule has 0 unspecified atom stereocenters. The highest BCUT2D eigenvalue weighted by molar-refractivity contribution is 7.87. The van der Waals surface area contributed by atoms with Crippen molar-refractivity contribution in [2.24, 2.45) is 5.73 Å². The van der Waals surface area contributed by atoms with Gasteiger partial charge in [0, 0.05) is 25.7 Å². The predicted octanol–water partition coefficient (Wildman–Crippen LogP) is -1.21. The molecule has 0 amide bonds. The van der Waals surface area contributed by atoms with Gasteiger partial charge in [-0.25, -0.2) is 0 Å². The lowest BCUT2D eigenvalue weighted by atomic mass is 10.1. The molecule has 0 aromatic rings. The van der Waals surface area contributed by atoms with E-state index in [0.29, 0.717) is 6.61 Å². The zero-order chi connectivity index (χ0) is 11.2. The fourth-order valence-electron chi connectivity index (χ4n) is 0.720. The molecule has 0 saturated carbocycles. The molecule has 0 atom stereocenters. The topological polar surface area (TPSA) is 93.4 Å². The molecular formula is C7H19N3O3S. The van der Waals surface area contributed by atoms with Gasteiger partial charge in [-0.15, -0.1) is 0 Å². The fraction of sp³-hybridized carbons (Fsp3) is 1.00. The molecule has 0 radical (unpaired) electrons. The molecule has 0 aromatic heterocycles. The van der Waals surface area contributed by atoms with E-state index < -0.39 is 15.7 Å². The molecule has 4 N–H and O–H groups in total. The number of rotatable bonds is 7. The van der Waals surface area contributed by atoms with Crippen LogP contribution in [0.1, 0.15) is 13.8 Å². The Kier molecular flexibility index (Phi) is 5.53. The molecule has 0 fully saturated rings. The average Bonchev–Trinajstić information content (AvgIpc) is 2.03. The van der Waals surface area contributed by atoms with Crippen molar-refractivity contribution in [1.29, 1.82) is 0 Å². The molecule has 14 heavy (non-hydrogen) atoms. The SMILES string of the molecule is COCCNS(=O)(=O)NC(C)(C)CN. The van der Waals surface area contributed by atoms with Gasteiger partial charge in [0.25, 0.3) is 10.2 Å². The van der Waals surface area contributed by atoms with Crippen LogP contribution in [-0.2, 0) is 14.9 Å². The van der Waals surface area contributed by atoms with Crippen LogP contribution in [0, 0.1) is 0 Å². The van der Waals surface area contributed by atoms with Crippen molar-refractivity contribution in [3.05, 3.63) is 0 Å². The molecule has 0 bridgehead atoms. The van der Waals surface area contributed by atoms with Gasteiger partial charge >= 0.3 is 0 Å². The van der Waals surface area contributed by atoms with Crippen LogP contribution in [0.5, 0.6) is 0 Å². The van der Waals surface area contributed by atoms with Crippen LogP contribution in [0.4, 0.5) is 0 Å². The van der Waals surface area contributed by atoms with E-state index >= 15 is 0 Å². The van der Waals surface area contributed by atoms with Crippen molar-refractivity contribution in [2.45, 2.75) is 19.4 Å². The van der Waals surface area contributed by atoms with Gasteiger partial charge in [0.15, 0.2) is 0 Å². The smallest absolute Gasteiger partial charge is 0.277 e. The van der Waals surface area contributed by atoms with Gasteiger partial charge in [0.1, 0.15) is 0 Å². The summed E-state index contributed by atoms with van der Waals surface area (Å²) < 4.78 is 32.2. The van der Waals surface area contributed by atoms with E-state index in [4.69, 9.17) is 10.5 Å². The third-order valence-electron chi connectivity index (χ3n) is 1.52. The van der Waals surface area contributed by atoms with Crippen LogP contribution in [0.2, 0.25) is 0 Å². The normalized spacial score (nSPS) is 13.1. The zero-order valence-corrected chi connectivity index (χ0v) is 9.65. The summed E-state index contributed by atoms with van der Waals surface area (Å²) in [4.78, 5) is 0. The standard InChI is InChI=1S/C7H19N3O3S/c1-7(2,6-8)10-14(11,12)9-4-5-13-3/h9-10H,4-6,8H2,1-3H3. The molecule has 0 aliphatic carbocycles. The molecule has 0 aliphatic heterocycles. The minimum Gasteiger partial charge on any atom is -0.383 e. The van der Waals surface area contributed by atoms with Gasteiger partial charge in [-0.2, -0.15) is 17.9 Å². The lowest BCUT2D eigenvalue weighted by Gasteiger charge is -2.23. The summed E-state index contributed by atoms with van der Waals surface area (Å²) >= 11 is 0. The lowest BCUT2D eigenvalue weighted by Crippen LogP contribution is -2.53. The van der Waals surface area contributed by atoms with Crippen LogP contribution < -0.4 is 15.2 Å². The van der Waals surface area contributed by atoms with E-state index in [0.717, 1.165) is 0 Å². The van der Waals surface area contributed by atoms with E-state index in [1.807, 2.05) is 0 Å². The van der Waals surface area contributed by atoms with Gasteiger partial charge in [0.05, 0.1) is 6.61 Å². The first kappa shape index (κ1) is 13.8. The summed E-state index contributed by atoms with van der Waals surface area (Å²) in [6.45, 7) is 4.24. The highest BCUT2D eigenvalue weighted by Crippen LogP contribution is 1.99. The Morgan fingerprint density at radius 1 is 1.43 bits per heavy atom. The maximum absolute atomic E-state index is 11.3. The first-order chi connectivity index (χ1) is 6.33. The Balaban J connectivity index is 4.08. The maximum atomic E-state index is 11.3. The van der Waals surface area contributed by atoms with Gasteiger partial charge in [-0.1, -0.05) is 0 Å². The Hall–Kier alpha value is -0.210. The third-order valence-corrected chi connectivity index (χ3v) is 2.92. The number of hydrogen-bond donors (Lipinski definition) is 3. The predicted molar refractivity (Wildman–Crippen MR) is 55.1 cm³/mol. The molecule has 0 aliphatic rings. The largest absolute Gasteiger partial charge is 0.383 e. The number of hydrogen-bond acceptors (Lipinski definition) is 4. The van der Waals surface area contributed by atoms with Crippen LogP contribution in [0.3, 0.4) is 0 Å². The van der Waals surface area contributed by atoms with E-state index in [-0.39, 0.29) is 13.1 Å². The van der Waals surface area contributed by atoms with E-state index in [2.05, 4.69) is 9.44 Å². The minimum absolute atomic E-state index is 0.234. The second-order valence-corrected chi connectivity index (χ2v) is 5.08. The summed E-state index contributed by atoms with van der Waals surface area (Å²) in [7, 11) is -1.98. The van der Waals surface area contributed by atoms with Crippen molar-refractivity contribution < 1.29 is 13.2 Å². The van der Waals surface area contributed by atoms with Crippen molar-refractivity contribution in [3.63, 3.8) is 0 Å². The quantitative estimate of drug-likeness (QED) is 0.474. The zero-order valence-electron chi connectivity index (χ0n) is 8.83. The Bertz CT molecular complexity index is 251. The van der Waals surface area contributed by atoms with Crippen LogP contribution >= 0.6 is 0 Å². The molecular weight excluding hydrogens is 206 g/mol. The Labute approximate surface area is 85.4 Å². The first-order valence-corrected chi connectivity index (χ1v) is 5.79. The van der Waals surface area contributed by atoms with Crippen molar-refractivity contribution >= 4 is 10.2 Å². The summed E-state index contributed by atoms with van der Waals surface area (Å²) in [5, 5.41) is 0. The second-order valence-electron chi connectivity index (χ2n) is 3.58. The molecule has 86 valence electrons. The monoisotopic (exact) mass is 225 g/mol. The Morgan fingerprint density at radius 3 is 2.43 bits per heavy atom. The van der Waals surface area contributed by atoms with Crippen molar-refractivity contribution in [1.82, 2.24) is 9.44 Å². The van der Waals surface area contributed by atoms with Crippen LogP contribution in [0.15, 0.2) is 0 Å². The molecule has 0 saturated heterocycles. The van der Waals surface area contributed by atoms with Gasteiger partial charge in [-0.3, -0.25) is 0 Å². The lowest BCUT2D eigenvalue weighted by molar-refractivity contribution is 0.204. The average molecular weight is 225 g/mol. The third kappa shape index (κ3) is 6.28. The Morgan fingerprint density at radius 2 is 2.00 bits per heavy atom. The maximum Gasteiger partial charge on any atom is 0.277 e. The van der Waals surface area contributed by atoms with Gasteiger partial charge in [-0.05, 0) is 13.8 Å². The number of ether oxygens (including phenoxy) is 1. The van der Waals surface area contributed by atoms with E-state index in [9.17, 15) is 8.42 Å². The molecule has 0 heterocycles. The molecule has 6 nitrogen and oxygen atoms in total. The van der Waals surface area contributed by atoms with Gasteiger partial charge < -0.3 is 10.5 Å². The fourth-order valence-corrected chi connectivity index (χ4v) is 1.95. The van der Waals surface area contributed by atoms with E-state index in [1.165, 1.54) is 7.11 Å². The summed E-state index contributed by atoms with van der Waals surface area (Å²) in [6, 6.07) is 0. The van der Waals surface area contributed by atoms with Gasteiger partial charge in [0.2, 0.25) is 0 Å². The van der Waals surface area contributed by atoms with Crippen molar-refractivity contribution in [3.8, 4) is 0 Å². The summed E-state index contributed by atoms with van der Waals surface area (Å²) in [5.41, 5.74) is 4.75. The second kappa shape index (κ2) is 5.62. The number of nitrogens with one attached hydrogen (secondary N) is 2. The summed E-state index contributed by atoms with van der Waals surface area (Å²) in [5.74, 6) is 0. The van der Waals surface area contributed by atoms with Crippen LogP contribution in [0.25, 0.3) is 0 Å². The highest BCUT2D eigenvalue weighted by atomic mass is 32.2.